The van der Waals surface area contributed by atoms with Crippen LogP contribution in [0.4, 0.5) is 8.78 Å². The lowest BCUT2D eigenvalue weighted by molar-refractivity contribution is 0.101. The molecule has 1 aromatic heterocycles. The van der Waals surface area contributed by atoms with Gasteiger partial charge in [0.1, 0.15) is 34.5 Å². The van der Waals surface area contributed by atoms with Crippen molar-refractivity contribution >= 4 is 11.6 Å². The molecule has 3 aromatic carbocycles. The molecule has 0 amide bonds. The summed E-state index contributed by atoms with van der Waals surface area (Å²) in [7, 11) is 0. The van der Waals surface area contributed by atoms with E-state index in [-0.39, 0.29) is 16.4 Å². The molecular formula is C26H17ClF2N2O. The number of hydrogen-bond acceptors (Lipinski definition) is 2. The highest BCUT2D eigenvalue weighted by Crippen LogP contribution is 2.45. The molecule has 0 bridgehead atoms. The van der Waals surface area contributed by atoms with E-state index in [9.17, 15) is 8.78 Å². The number of aromatic amines is 1. The Morgan fingerprint density at radius 2 is 1.69 bits per heavy atom. The molecule has 5 rings (SSSR count). The van der Waals surface area contributed by atoms with E-state index in [4.69, 9.17) is 16.3 Å². The zero-order chi connectivity index (χ0) is 22.5. The molecule has 2 heterocycles. The second-order valence-corrected chi connectivity index (χ2v) is 8.39. The van der Waals surface area contributed by atoms with Crippen LogP contribution in [0.2, 0.25) is 5.02 Å². The molecule has 4 aromatic rings. The third-order valence-corrected chi connectivity index (χ3v) is 5.60. The summed E-state index contributed by atoms with van der Waals surface area (Å²) in [5.41, 5.74) is 3.17. The lowest BCUT2D eigenvalue weighted by Crippen LogP contribution is -2.29. The van der Waals surface area contributed by atoms with Crippen molar-refractivity contribution in [2.75, 3.05) is 0 Å². The largest absolute Gasteiger partial charge is 0.481 e. The van der Waals surface area contributed by atoms with E-state index in [1.54, 1.807) is 24.3 Å². The topological polar surface area (TPSA) is 37.9 Å². The van der Waals surface area contributed by atoms with E-state index in [1.807, 2.05) is 32.0 Å². The van der Waals surface area contributed by atoms with Gasteiger partial charge in [-0.15, -0.1) is 0 Å². The molecule has 0 spiro atoms. The fraction of sp³-hybridized carbons (Fsp3) is 0.115. The minimum Gasteiger partial charge on any atom is -0.481 e. The fourth-order valence-corrected chi connectivity index (χ4v) is 3.99. The molecule has 0 radical (unpaired) electrons. The van der Waals surface area contributed by atoms with Gasteiger partial charge < -0.3 is 9.72 Å². The van der Waals surface area contributed by atoms with Gasteiger partial charge in [-0.05, 0) is 68.4 Å². The average Bonchev–Trinajstić information content (AvgIpc) is 3.19. The van der Waals surface area contributed by atoms with Crippen LogP contribution in [0, 0.1) is 23.5 Å². The van der Waals surface area contributed by atoms with Gasteiger partial charge in [-0.25, -0.2) is 13.8 Å². The zero-order valence-electron chi connectivity index (χ0n) is 17.3. The molecule has 0 aliphatic carbocycles. The Balaban J connectivity index is 1.57. The molecule has 1 aliphatic rings. The normalized spacial score (nSPS) is 13.4. The molecular weight excluding hydrogens is 430 g/mol. The summed E-state index contributed by atoms with van der Waals surface area (Å²) in [5.74, 6) is 6.35. The summed E-state index contributed by atoms with van der Waals surface area (Å²) in [6.07, 6.45) is 0. The van der Waals surface area contributed by atoms with Gasteiger partial charge in [0.25, 0.3) is 0 Å². The third kappa shape index (κ3) is 3.53. The summed E-state index contributed by atoms with van der Waals surface area (Å²) in [4.78, 5) is 7.88. The quantitative estimate of drug-likeness (QED) is 0.330. The van der Waals surface area contributed by atoms with Crippen LogP contribution in [0.3, 0.4) is 0 Å². The first-order valence-corrected chi connectivity index (χ1v) is 10.4. The van der Waals surface area contributed by atoms with Gasteiger partial charge in [-0.2, -0.15) is 0 Å². The molecule has 1 aliphatic heterocycles. The first-order valence-electron chi connectivity index (χ1n) is 9.98. The van der Waals surface area contributed by atoms with E-state index < -0.39 is 11.4 Å². The molecule has 0 unspecified atom stereocenters. The van der Waals surface area contributed by atoms with Crippen LogP contribution < -0.4 is 4.74 Å². The third-order valence-electron chi connectivity index (χ3n) is 5.29. The summed E-state index contributed by atoms with van der Waals surface area (Å²) in [6.45, 7) is 3.80. The number of ether oxygens (including phenoxy) is 1. The first kappa shape index (κ1) is 20.3. The van der Waals surface area contributed by atoms with Gasteiger partial charge in [0.2, 0.25) is 0 Å². The van der Waals surface area contributed by atoms with E-state index in [0.29, 0.717) is 22.8 Å². The Bertz CT molecular complexity index is 1390. The zero-order valence-corrected chi connectivity index (χ0v) is 18.0. The Hall–Kier alpha value is -3.62. The van der Waals surface area contributed by atoms with Crippen LogP contribution in [0.25, 0.3) is 22.6 Å². The highest BCUT2D eigenvalue weighted by atomic mass is 35.5. The maximum absolute atomic E-state index is 14.5. The van der Waals surface area contributed by atoms with Crippen molar-refractivity contribution in [2.45, 2.75) is 19.4 Å². The van der Waals surface area contributed by atoms with Crippen molar-refractivity contribution in [1.82, 2.24) is 9.97 Å². The second kappa shape index (κ2) is 7.51. The van der Waals surface area contributed by atoms with E-state index in [2.05, 4.69) is 21.8 Å². The van der Waals surface area contributed by atoms with E-state index in [1.165, 1.54) is 18.2 Å². The number of nitrogens with one attached hydrogen (secondary N) is 1. The predicted octanol–water partition coefficient (Wildman–Crippen LogP) is 6.70. The second-order valence-electron chi connectivity index (χ2n) is 7.99. The number of H-pyrrole nitrogens is 1. The molecule has 3 nitrogen and oxygen atoms in total. The highest BCUT2D eigenvalue weighted by molar-refractivity contribution is 6.33. The Morgan fingerprint density at radius 1 is 0.969 bits per heavy atom. The number of halogens is 3. The molecule has 0 atom stereocenters. The van der Waals surface area contributed by atoms with Crippen LogP contribution in [0.5, 0.6) is 5.75 Å². The molecule has 6 heteroatoms. The summed E-state index contributed by atoms with van der Waals surface area (Å²) in [5, 5.41) is 0.279. The van der Waals surface area contributed by atoms with Gasteiger partial charge in [0, 0.05) is 16.7 Å². The van der Waals surface area contributed by atoms with Gasteiger partial charge in [-0.3, -0.25) is 0 Å². The Labute approximate surface area is 189 Å². The number of rotatable bonds is 1. The van der Waals surface area contributed by atoms with Crippen molar-refractivity contribution < 1.29 is 13.5 Å². The average molecular weight is 447 g/mol. The van der Waals surface area contributed by atoms with Crippen molar-refractivity contribution in [3.05, 3.63) is 94.1 Å². The molecule has 158 valence electrons. The van der Waals surface area contributed by atoms with Crippen LogP contribution in [-0.2, 0) is 5.60 Å². The van der Waals surface area contributed by atoms with Gasteiger partial charge >= 0.3 is 0 Å². The minimum absolute atomic E-state index is 0.225. The van der Waals surface area contributed by atoms with Crippen LogP contribution >= 0.6 is 11.6 Å². The van der Waals surface area contributed by atoms with Crippen molar-refractivity contribution in [1.29, 1.82) is 0 Å². The van der Waals surface area contributed by atoms with Crippen LogP contribution in [0.1, 0.15) is 30.7 Å². The first-order chi connectivity index (χ1) is 15.3. The molecule has 0 fully saturated rings. The van der Waals surface area contributed by atoms with Gasteiger partial charge in [-0.1, -0.05) is 29.5 Å². The minimum atomic E-state index is -0.752. The molecule has 1 N–H and O–H groups in total. The van der Waals surface area contributed by atoms with E-state index >= 15 is 0 Å². The lowest BCUT2D eigenvalue weighted by atomic mass is 9.94. The monoisotopic (exact) mass is 446 g/mol. The standard InChI is InChI=1S/C26H17ClF2N2O/c1-26(2)24-23(30-25(31-24)22-19(27)4-3-5-20(22)29)18-13-10-16(14-21(18)32-26)7-6-15-8-11-17(28)12-9-15/h3-5,8-14H,1-2H3,(H,30,31). The lowest BCUT2D eigenvalue weighted by Gasteiger charge is -2.31. The SMILES string of the molecule is CC1(C)Oc2cc(C#Cc3ccc(F)cc3)ccc2-c2[nH]c(-c3c(F)cccc3Cl)nc21. The number of aromatic nitrogens is 2. The number of imidazole rings is 1. The number of hydrogen-bond donors (Lipinski definition) is 1. The predicted molar refractivity (Wildman–Crippen MR) is 120 cm³/mol. The van der Waals surface area contributed by atoms with Crippen molar-refractivity contribution in [2.24, 2.45) is 0 Å². The number of benzene rings is 3. The van der Waals surface area contributed by atoms with Gasteiger partial charge in [0.05, 0.1) is 16.3 Å². The molecule has 0 saturated carbocycles. The summed E-state index contributed by atoms with van der Waals surface area (Å²) < 4.78 is 33.8. The van der Waals surface area contributed by atoms with Crippen LogP contribution in [-0.4, -0.2) is 9.97 Å². The van der Waals surface area contributed by atoms with Crippen LogP contribution in [0.15, 0.2) is 60.7 Å². The number of fused-ring (bicyclic) bond motifs is 3. The highest BCUT2D eigenvalue weighted by Gasteiger charge is 2.37. The van der Waals surface area contributed by atoms with Crippen molar-refractivity contribution in [3.8, 4) is 40.2 Å². The summed E-state index contributed by atoms with van der Waals surface area (Å²) >= 11 is 6.25. The van der Waals surface area contributed by atoms with E-state index in [0.717, 1.165) is 16.8 Å². The number of nitrogens with zero attached hydrogens (tertiary/aromatic N) is 1. The fourth-order valence-electron chi connectivity index (χ4n) is 3.74. The molecule has 0 saturated heterocycles. The molecule has 32 heavy (non-hydrogen) atoms. The maximum atomic E-state index is 14.5. The Morgan fingerprint density at radius 3 is 2.44 bits per heavy atom. The summed E-state index contributed by atoms with van der Waals surface area (Å²) in [6, 6.07) is 16.2. The van der Waals surface area contributed by atoms with Gasteiger partial charge in [0.15, 0.2) is 0 Å². The van der Waals surface area contributed by atoms with Crippen molar-refractivity contribution in [3.63, 3.8) is 0 Å². The smallest absolute Gasteiger partial charge is 0.147 e. The maximum Gasteiger partial charge on any atom is 0.147 e. The Kier molecular flexibility index (Phi) is 4.76.